The van der Waals surface area contributed by atoms with Gasteiger partial charge in [-0.2, -0.15) is 0 Å². The Morgan fingerprint density at radius 3 is 1.91 bits per heavy atom. The van der Waals surface area contributed by atoms with Gasteiger partial charge in [-0.1, -0.05) is 94.6 Å². The maximum absolute atomic E-state index is 12.5. The van der Waals surface area contributed by atoms with Crippen LogP contribution in [0.2, 0.25) is 0 Å². The molecule has 0 rings (SSSR count). The molecule has 0 aromatic heterocycles. The van der Waals surface area contributed by atoms with Gasteiger partial charge in [0.1, 0.15) is 19.8 Å². The lowest BCUT2D eigenvalue weighted by Crippen LogP contribution is -2.37. The lowest BCUT2D eigenvalue weighted by molar-refractivity contribution is -0.870. The number of likely N-dealkylation sites (N-methyl/N-ethyl adjacent to an activating group) is 1. The van der Waals surface area contributed by atoms with Crippen LogP contribution in [0.15, 0.2) is 48.6 Å². The number of rotatable bonds is 28. The zero-order valence-electron chi connectivity index (χ0n) is 28.1. The van der Waals surface area contributed by atoms with E-state index in [9.17, 15) is 19.0 Å². The van der Waals surface area contributed by atoms with Crippen molar-refractivity contribution in [1.29, 1.82) is 0 Å². The van der Waals surface area contributed by atoms with Crippen molar-refractivity contribution in [1.82, 2.24) is 0 Å². The molecule has 0 radical (unpaired) electrons. The normalized spacial score (nSPS) is 14.6. The Labute approximate surface area is 267 Å². The standard InChI is InChI=1S/C34H60NO8P/c1-6-8-10-12-14-15-16-17-18-19-21-23-25-27-34(37)43-32(31-42-44(38,39)41-29-28-35(3,4)5)30-40-33(36)26-24-22-20-13-11-9-7-2/h9,11,17-18,20-23,32H,6-8,10,12-16,19,24-31H2,1-5H3/p+1/b11-9+,18-17+,22-20+,23-21+. The number of hydrogen-bond donors (Lipinski definition) is 1. The number of esters is 2. The van der Waals surface area contributed by atoms with E-state index in [1.54, 1.807) is 0 Å². The zero-order valence-corrected chi connectivity index (χ0v) is 29.0. The van der Waals surface area contributed by atoms with E-state index in [0.717, 1.165) is 25.7 Å². The number of nitrogens with zero attached hydrogens (tertiary/aromatic N) is 1. The quantitative estimate of drug-likeness (QED) is 0.0301. The number of carbonyl (C=O) groups is 2. The fraction of sp³-hybridized carbons (Fsp3) is 0.706. The molecule has 0 aliphatic carbocycles. The van der Waals surface area contributed by atoms with Gasteiger partial charge in [0, 0.05) is 12.8 Å². The van der Waals surface area contributed by atoms with Gasteiger partial charge in [-0.05, 0) is 44.9 Å². The number of unbranched alkanes of at least 4 members (excludes halogenated alkanes) is 6. The van der Waals surface area contributed by atoms with Crippen LogP contribution in [0.3, 0.4) is 0 Å². The molecule has 10 heteroatoms. The van der Waals surface area contributed by atoms with Gasteiger partial charge in [0.15, 0.2) is 6.10 Å². The van der Waals surface area contributed by atoms with Crippen molar-refractivity contribution in [3.8, 4) is 0 Å². The first-order valence-electron chi connectivity index (χ1n) is 16.4. The average molecular weight is 643 g/mol. The Hall–Kier alpha value is -2.03. The maximum atomic E-state index is 12.5. The molecule has 0 spiro atoms. The molecule has 0 aromatic carbocycles. The Kier molecular flexibility index (Phi) is 26.0. The summed E-state index contributed by atoms with van der Waals surface area (Å²) in [4.78, 5) is 34.8. The summed E-state index contributed by atoms with van der Waals surface area (Å²) in [5, 5.41) is 0. The summed E-state index contributed by atoms with van der Waals surface area (Å²) in [6.45, 7) is 4.07. The van der Waals surface area contributed by atoms with Gasteiger partial charge < -0.3 is 18.9 Å². The molecule has 0 aliphatic rings. The molecule has 0 aromatic rings. The van der Waals surface area contributed by atoms with Crippen LogP contribution in [0.1, 0.15) is 104 Å². The highest BCUT2D eigenvalue weighted by molar-refractivity contribution is 7.47. The highest BCUT2D eigenvalue weighted by atomic mass is 31.2. The van der Waals surface area contributed by atoms with Gasteiger partial charge in [0.2, 0.25) is 0 Å². The number of ether oxygens (including phenoxy) is 2. The number of carbonyl (C=O) groups excluding carboxylic acids is 2. The lowest BCUT2D eigenvalue weighted by atomic mass is 10.1. The van der Waals surface area contributed by atoms with Crippen LogP contribution in [0, 0.1) is 0 Å². The fourth-order valence-corrected chi connectivity index (χ4v) is 4.51. The first-order valence-corrected chi connectivity index (χ1v) is 17.9. The summed E-state index contributed by atoms with van der Waals surface area (Å²) >= 11 is 0. The van der Waals surface area contributed by atoms with Crippen molar-refractivity contribution in [3.63, 3.8) is 0 Å². The fourth-order valence-electron chi connectivity index (χ4n) is 3.77. The molecular weight excluding hydrogens is 581 g/mol. The summed E-state index contributed by atoms with van der Waals surface area (Å²) in [6.07, 6.45) is 28.0. The van der Waals surface area contributed by atoms with Gasteiger partial charge in [0.25, 0.3) is 0 Å². The predicted molar refractivity (Wildman–Crippen MR) is 178 cm³/mol. The molecule has 2 atom stereocenters. The number of allylic oxidation sites excluding steroid dienone is 8. The van der Waals surface area contributed by atoms with E-state index in [1.807, 2.05) is 45.4 Å². The topological polar surface area (TPSA) is 108 Å². The number of quaternary nitrogens is 1. The van der Waals surface area contributed by atoms with E-state index in [4.69, 9.17) is 18.5 Å². The van der Waals surface area contributed by atoms with E-state index >= 15 is 0 Å². The molecule has 0 amide bonds. The average Bonchev–Trinajstić information content (AvgIpc) is 2.95. The number of phosphoric acid groups is 1. The van der Waals surface area contributed by atoms with Crippen molar-refractivity contribution >= 4 is 19.8 Å². The second kappa shape index (κ2) is 27.3. The predicted octanol–water partition coefficient (Wildman–Crippen LogP) is 8.01. The Balaban J connectivity index is 4.66. The van der Waals surface area contributed by atoms with Crippen LogP contribution in [-0.4, -0.2) is 74.9 Å². The Morgan fingerprint density at radius 2 is 1.30 bits per heavy atom. The highest BCUT2D eigenvalue weighted by Gasteiger charge is 2.26. The molecule has 0 heterocycles. The second-order valence-corrected chi connectivity index (χ2v) is 13.3. The molecular formula is C34H61NO8P+. The van der Waals surface area contributed by atoms with E-state index < -0.39 is 32.5 Å². The lowest BCUT2D eigenvalue weighted by Gasteiger charge is -2.24. The monoisotopic (exact) mass is 642 g/mol. The summed E-state index contributed by atoms with van der Waals surface area (Å²) in [5.41, 5.74) is 0. The van der Waals surface area contributed by atoms with Crippen LogP contribution in [0.4, 0.5) is 0 Å². The molecule has 1 N–H and O–H groups in total. The van der Waals surface area contributed by atoms with Crippen LogP contribution in [0.25, 0.3) is 0 Å². The van der Waals surface area contributed by atoms with Crippen molar-refractivity contribution < 1.29 is 42.1 Å². The summed E-state index contributed by atoms with van der Waals surface area (Å²) < 4.78 is 33.7. The molecule has 0 aliphatic heterocycles. The van der Waals surface area contributed by atoms with Crippen molar-refractivity contribution in [2.45, 2.75) is 110 Å². The van der Waals surface area contributed by atoms with Gasteiger partial charge in [-0.3, -0.25) is 18.6 Å². The smallest absolute Gasteiger partial charge is 0.462 e. The van der Waals surface area contributed by atoms with Crippen LogP contribution in [0.5, 0.6) is 0 Å². The summed E-state index contributed by atoms with van der Waals surface area (Å²) in [6, 6.07) is 0. The number of hydrogen-bond acceptors (Lipinski definition) is 7. The van der Waals surface area contributed by atoms with Crippen LogP contribution in [-0.2, 0) is 32.7 Å². The SMILES string of the molecule is CC/C=C/C/C=C/CCC(=O)OCC(COP(=O)(O)OCC[N+](C)(C)C)OC(=O)CC/C=C/C/C=C/CCCCCCCC. The van der Waals surface area contributed by atoms with Gasteiger partial charge in [-0.15, -0.1) is 0 Å². The first-order chi connectivity index (χ1) is 21.0. The minimum absolute atomic E-state index is 0.0129. The van der Waals surface area contributed by atoms with Crippen molar-refractivity contribution in [2.75, 3.05) is 47.5 Å². The van der Waals surface area contributed by atoms with Gasteiger partial charge >= 0.3 is 19.8 Å². The van der Waals surface area contributed by atoms with E-state index in [-0.39, 0.29) is 26.1 Å². The van der Waals surface area contributed by atoms with E-state index in [2.05, 4.69) is 38.2 Å². The van der Waals surface area contributed by atoms with Crippen molar-refractivity contribution in [3.05, 3.63) is 48.6 Å². The largest absolute Gasteiger partial charge is 0.472 e. The molecule has 254 valence electrons. The molecule has 0 saturated heterocycles. The van der Waals surface area contributed by atoms with Crippen LogP contribution < -0.4 is 0 Å². The third kappa shape index (κ3) is 30.0. The number of phosphoric ester groups is 1. The van der Waals surface area contributed by atoms with Gasteiger partial charge in [-0.25, -0.2) is 4.57 Å². The molecule has 9 nitrogen and oxygen atoms in total. The minimum atomic E-state index is -4.38. The highest BCUT2D eigenvalue weighted by Crippen LogP contribution is 2.43. The van der Waals surface area contributed by atoms with Crippen LogP contribution >= 0.6 is 7.82 Å². The summed E-state index contributed by atoms with van der Waals surface area (Å²) in [5.74, 6) is -0.974. The molecule has 2 unspecified atom stereocenters. The Morgan fingerprint density at radius 1 is 0.727 bits per heavy atom. The third-order valence-electron chi connectivity index (χ3n) is 6.37. The maximum Gasteiger partial charge on any atom is 0.472 e. The zero-order chi connectivity index (χ0) is 32.9. The molecule has 0 fully saturated rings. The molecule has 0 saturated carbocycles. The minimum Gasteiger partial charge on any atom is -0.462 e. The van der Waals surface area contributed by atoms with E-state index in [0.29, 0.717) is 23.9 Å². The van der Waals surface area contributed by atoms with E-state index in [1.165, 1.54) is 38.5 Å². The first kappa shape index (κ1) is 42.0. The third-order valence-corrected chi connectivity index (χ3v) is 7.35. The Bertz CT molecular complexity index is 907. The molecule has 44 heavy (non-hydrogen) atoms. The molecule has 0 bridgehead atoms. The van der Waals surface area contributed by atoms with Gasteiger partial charge in [0.05, 0.1) is 27.7 Å². The summed E-state index contributed by atoms with van der Waals surface area (Å²) in [7, 11) is 1.41. The van der Waals surface area contributed by atoms with Crippen molar-refractivity contribution in [2.24, 2.45) is 0 Å². The second-order valence-electron chi connectivity index (χ2n) is 11.8.